The fourth-order valence-corrected chi connectivity index (χ4v) is 5.70. The molecule has 8 heteroatoms. The second-order valence-corrected chi connectivity index (χ2v) is 10.5. The van der Waals surface area contributed by atoms with Crippen LogP contribution in [0.2, 0.25) is 0 Å². The number of rotatable bonds is 7. The van der Waals surface area contributed by atoms with Crippen LogP contribution < -0.4 is 0 Å². The van der Waals surface area contributed by atoms with Crippen molar-refractivity contribution in [3.05, 3.63) is 33.5 Å². The molecule has 0 unspecified atom stereocenters. The number of carbonyl (C=O) groups excluding carboxylic acids is 2. The Morgan fingerprint density at radius 2 is 1.97 bits per heavy atom. The predicted octanol–water partition coefficient (Wildman–Crippen LogP) is 3.88. The van der Waals surface area contributed by atoms with Crippen molar-refractivity contribution >= 4 is 23.2 Å². The minimum absolute atomic E-state index is 0.0784. The maximum atomic E-state index is 13.4. The van der Waals surface area contributed by atoms with Gasteiger partial charge in [0.15, 0.2) is 5.69 Å². The Labute approximate surface area is 193 Å². The molecule has 2 fully saturated rings. The van der Waals surface area contributed by atoms with Gasteiger partial charge in [0.25, 0.3) is 5.91 Å². The molecule has 1 aliphatic heterocycles. The van der Waals surface area contributed by atoms with E-state index in [1.807, 2.05) is 17.3 Å². The number of amides is 2. The molecule has 5 rings (SSSR count). The first-order chi connectivity index (χ1) is 15.6. The highest BCUT2D eigenvalue weighted by Gasteiger charge is 2.33. The molecular formula is C24H33N5O2S. The molecule has 0 saturated heterocycles. The second kappa shape index (κ2) is 9.33. The molecule has 0 bridgehead atoms. The minimum atomic E-state index is -0.0784. The molecule has 0 spiro atoms. The minimum Gasteiger partial charge on any atom is -0.338 e. The van der Waals surface area contributed by atoms with Gasteiger partial charge in [0.05, 0.1) is 17.7 Å². The van der Waals surface area contributed by atoms with Gasteiger partial charge in [-0.3, -0.25) is 14.3 Å². The van der Waals surface area contributed by atoms with E-state index in [0.29, 0.717) is 37.0 Å². The molecule has 2 saturated carbocycles. The highest BCUT2D eigenvalue weighted by Crippen LogP contribution is 2.33. The highest BCUT2D eigenvalue weighted by atomic mass is 32.1. The van der Waals surface area contributed by atoms with Gasteiger partial charge in [-0.2, -0.15) is 5.10 Å². The van der Waals surface area contributed by atoms with E-state index < -0.39 is 0 Å². The van der Waals surface area contributed by atoms with Crippen LogP contribution in [0.3, 0.4) is 0 Å². The van der Waals surface area contributed by atoms with Crippen LogP contribution in [0.25, 0.3) is 0 Å². The summed E-state index contributed by atoms with van der Waals surface area (Å²) in [5.74, 6) is 1.37. The molecule has 0 aromatic carbocycles. The van der Waals surface area contributed by atoms with Gasteiger partial charge in [-0.15, -0.1) is 11.3 Å². The van der Waals surface area contributed by atoms with Crippen molar-refractivity contribution in [2.24, 2.45) is 11.8 Å². The summed E-state index contributed by atoms with van der Waals surface area (Å²) < 4.78 is 2.07. The first kappa shape index (κ1) is 21.6. The van der Waals surface area contributed by atoms with Crippen LogP contribution in [-0.2, 0) is 30.8 Å². The number of hydrogen-bond acceptors (Lipinski definition) is 5. The van der Waals surface area contributed by atoms with Gasteiger partial charge in [-0.1, -0.05) is 19.3 Å². The normalized spacial score (nSPS) is 19.1. The molecule has 7 nitrogen and oxygen atoms in total. The van der Waals surface area contributed by atoms with E-state index in [4.69, 9.17) is 5.10 Å². The van der Waals surface area contributed by atoms with E-state index in [2.05, 4.69) is 9.67 Å². The van der Waals surface area contributed by atoms with E-state index in [1.165, 1.54) is 56.3 Å². The summed E-state index contributed by atoms with van der Waals surface area (Å²) >= 11 is 1.53. The lowest BCUT2D eigenvalue weighted by Gasteiger charge is -2.30. The average Bonchev–Trinajstić information content (AvgIpc) is 3.34. The standard InChI is InChI=1S/C24H33N5O2S/c1-27(13-19-15-32-16-25-19)24(31)23-20-14-28(22(30)11-17-5-3-2-4-6-17)10-9-21(20)29(26-23)12-18-7-8-18/h15-18H,2-14H2,1H3. The van der Waals surface area contributed by atoms with Crippen LogP contribution in [0.5, 0.6) is 0 Å². The Kier molecular flexibility index (Phi) is 6.31. The number of thiazole rings is 1. The van der Waals surface area contributed by atoms with Crippen LogP contribution in [0.15, 0.2) is 10.9 Å². The lowest BCUT2D eigenvalue weighted by molar-refractivity contribution is -0.133. The third kappa shape index (κ3) is 4.75. The Balaban J connectivity index is 1.34. The smallest absolute Gasteiger partial charge is 0.274 e. The molecule has 3 aliphatic rings. The van der Waals surface area contributed by atoms with Crippen molar-refractivity contribution in [2.45, 2.75) is 77.4 Å². The lowest BCUT2D eigenvalue weighted by Crippen LogP contribution is -2.38. The van der Waals surface area contributed by atoms with Gasteiger partial charge in [0, 0.05) is 56.2 Å². The monoisotopic (exact) mass is 455 g/mol. The van der Waals surface area contributed by atoms with Gasteiger partial charge in [-0.25, -0.2) is 4.98 Å². The van der Waals surface area contributed by atoms with Crippen molar-refractivity contribution < 1.29 is 9.59 Å². The molecule has 2 amide bonds. The summed E-state index contributed by atoms with van der Waals surface area (Å²) in [6, 6.07) is 0. The van der Waals surface area contributed by atoms with Gasteiger partial charge >= 0.3 is 0 Å². The summed E-state index contributed by atoms with van der Waals surface area (Å²) in [4.78, 5) is 34.4. The fourth-order valence-electron chi connectivity index (χ4n) is 5.15. The quantitative estimate of drug-likeness (QED) is 0.635. The Morgan fingerprint density at radius 1 is 1.16 bits per heavy atom. The third-order valence-electron chi connectivity index (χ3n) is 7.23. The van der Waals surface area contributed by atoms with Crippen molar-refractivity contribution in [3.8, 4) is 0 Å². The Hall–Kier alpha value is -2.22. The second-order valence-electron chi connectivity index (χ2n) is 9.81. The summed E-state index contributed by atoms with van der Waals surface area (Å²) in [5.41, 5.74) is 5.32. The van der Waals surface area contributed by atoms with Gasteiger partial charge < -0.3 is 9.80 Å². The zero-order valence-corrected chi connectivity index (χ0v) is 19.8. The van der Waals surface area contributed by atoms with Crippen LogP contribution >= 0.6 is 11.3 Å². The number of hydrogen-bond donors (Lipinski definition) is 0. The molecule has 0 atom stereocenters. The van der Waals surface area contributed by atoms with Crippen LogP contribution in [0.1, 0.15) is 78.8 Å². The van der Waals surface area contributed by atoms with E-state index >= 15 is 0 Å². The highest BCUT2D eigenvalue weighted by molar-refractivity contribution is 7.07. The molecule has 0 N–H and O–H groups in total. The zero-order chi connectivity index (χ0) is 22.1. The van der Waals surface area contributed by atoms with Crippen LogP contribution in [0, 0.1) is 11.8 Å². The molecule has 2 aromatic rings. The van der Waals surface area contributed by atoms with Crippen molar-refractivity contribution in [1.82, 2.24) is 24.6 Å². The lowest BCUT2D eigenvalue weighted by atomic mass is 9.86. The molecule has 32 heavy (non-hydrogen) atoms. The molecule has 3 heterocycles. The van der Waals surface area contributed by atoms with Crippen LogP contribution in [0.4, 0.5) is 0 Å². The summed E-state index contributed by atoms with van der Waals surface area (Å²) in [5, 5.41) is 6.77. The van der Waals surface area contributed by atoms with E-state index in [-0.39, 0.29) is 11.8 Å². The molecule has 0 radical (unpaired) electrons. The largest absolute Gasteiger partial charge is 0.338 e. The number of nitrogens with zero attached hydrogens (tertiary/aromatic N) is 5. The van der Waals surface area contributed by atoms with Crippen molar-refractivity contribution in [3.63, 3.8) is 0 Å². The van der Waals surface area contributed by atoms with E-state index in [0.717, 1.165) is 36.5 Å². The van der Waals surface area contributed by atoms with Gasteiger partial charge in [0.1, 0.15) is 0 Å². The Bertz CT molecular complexity index is 959. The number of aromatic nitrogens is 3. The van der Waals surface area contributed by atoms with Crippen molar-refractivity contribution in [1.29, 1.82) is 0 Å². The molecule has 2 aliphatic carbocycles. The maximum Gasteiger partial charge on any atom is 0.274 e. The SMILES string of the molecule is CN(Cc1cscn1)C(=O)c1nn(CC2CC2)c2c1CN(C(=O)CC1CCCCC1)CC2. The summed E-state index contributed by atoms with van der Waals surface area (Å²) in [7, 11) is 1.81. The number of fused-ring (bicyclic) bond motifs is 1. The van der Waals surface area contributed by atoms with Crippen molar-refractivity contribution in [2.75, 3.05) is 13.6 Å². The van der Waals surface area contributed by atoms with E-state index in [1.54, 1.807) is 10.4 Å². The first-order valence-corrected chi connectivity index (χ1v) is 13.0. The average molecular weight is 456 g/mol. The van der Waals surface area contributed by atoms with E-state index in [9.17, 15) is 9.59 Å². The zero-order valence-electron chi connectivity index (χ0n) is 19.0. The first-order valence-electron chi connectivity index (χ1n) is 12.1. The Morgan fingerprint density at radius 3 is 2.69 bits per heavy atom. The fraction of sp³-hybridized carbons (Fsp3) is 0.667. The number of carbonyl (C=O) groups is 2. The van der Waals surface area contributed by atoms with Gasteiger partial charge in [0.2, 0.25) is 5.91 Å². The molecule has 2 aromatic heterocycles. The topological polar surface area (TPSA) is 71.3 Å². The summed E-state index contributed by atoms with van der Waals surface area (Å²) in [6.07, 6.45) is 10.1. The molecular weight excluding hydrogens is 422 g/mol. The third-order valence-corrected chi connectivity index (χ3v) is 7.87. The van der Waals surface area contributed by atoms with Gasteiger partial charge in [-0.05, 0) is 37.5 Å². The molecule has 172 valence electrons. The predicted molar refractivity (Wildman–Crippen MR) is 123 cm³/mol. The maximum absolute atomic E-state index is 13.4. The summed E-state index contributed by atoms with van der Waals surface area (Å²) in [6.45, 7) is 2.60. The van der Waals surface area contributed by atoms with Crippen LogP contribution in [-0.4, -0.2) is 50.0 Å².